The quantitative estimate of drug-likeness (QED) is 0.0933. The van der Waals surface area contributed by atoms with Gasteiger partial charge in [-0.15, -0.1) is 0 Å². The third-order valence-corrected chi connectivity index (χ3v) is 8.03. The van der Waals surface area contributed by atoms with Crippen LogP contribution >= 0.6 is 0 Å². The van der Waals surface area contributed by atoms with Gasteiger partial charge in [0.15, 0.2) is 0 Å². The number of hydrogen-bond donors (Lipinski definition) is 0. The number of aryl methyl sites for hydroxylation is 2. The second-order valence-electron chi connectivity index (χ2n) is 11.9. The Morgan fingerprint density at radius 3 is 1.17 bits per heavy atom. The summed E-state index contributed by atoms with van der Waals surface area (Å²) >= 11 is 0. The van der Waals surface area contributed by atoms with E-state index in [2.05, 4.69) is 74.5 Å². The first kappa shape index (κ1) is 31.2. The first-order chi connectivity index (χ1) is 22.4. The summed E-state index contributed by atoms with van der Waals surface area (Å²) in [6, 6.07) is 33.2. The van der Waals surface area contributed by atoms with Crippen LogP contribution in [-0.4, -0.2) is 50.6 Å². The number of rotatable bonds is 13. The number of carbonyl (C=O) groups is 2. The highest BCUT2D eigenvalue weighted by atomic mass is 16.6. The van der Waals surface area contributed by atoms with Gasteiger partial charge in [0.2, 0.25) is 0 Å². The summed E-state index contributed by atoms with van der Waals surface area (Å²) in [6.45, 7) is 6.11. The van der Waals surface area contributed by atoms with Crippen LogP contribution in [0.1, 0.15) is 44.5 Å². The molecule has 0 N–H and O–H groups in total. The molecule has 0 aliphatic carbocycles. The third kappa shape index (κ3) is 8.90. The Morgan fingerprint density at radius 1 is 0.565 bits per heavy atom. The fourth-order valence-corrected chi connectivity index (χ4v) is 5.09. The molecule has 2 fully saturated rings. The molecule has 6 nitrogen and oxygen atoms in total. The van der Waals surface area contributed by atoms with Crippen molar-refractivity contribution in [3.05, 3.63) is 154 Å². The largest absolute Gasteiger partial charge is 0.463 e. The Bertz CT molecular complexity index is 1580. The molecule has 2 saturated heterocycles. The molecule has 2 unspecified atom stereocenters. The van der Waals surface area contributed by atoms with Crippen molar-refractivity contribution in [2.45, 2.75) is 38.9 Å². The minimum atomic E-state index is -0.262. The summed E-state index contributed by atoms with van der Waals surface area (Å²) in [5.41, 5.74) is 10.5. The van der Waals surface area contributed by atoms with E-state index in [1.807, 2.05) is 48.5 Å². The lowest BCUT2D eigenvalue weighted by atomic mass is 9.92. The van der Waals surface area contributed by atoms with Gasteiger partial charge in [0.05, 0.1) is 26.1 Å². The number of esters is 2. The lowest BCUT2D eigenvalue weighted by molar-refractivity contribution is -0.144. The normalized spacial score (nSPS) is 16.2. The van der Waals surface area contributed by atoms with Gasteiger partial charge in [0.1, 0.15) is 25.4 Å². The highest BCUT2D eigenvalue weighted by molar-refractivity contribution is 5.86. The molecule has 2 aliphatic heterocycles. The lowest BCUT2D eigenvalue weighted by Gasteiger charge is -2.12. The summed E-state index contributed by atoms with van der Waals surface area (Å²) in [6.07, 6.45) is 4.81. The van der Waals surface area contributed by atoms with Gasteiger partial charge in [-0.05, 0) is 58.4 Å². The van der Waals surface area contributed by atoms with Crippen molar-refractivity contribution in [3.8, 4) is 0 Å². The van der Waals surface area contributed by atoms with Crippen LogP contribution < -0.4 is 0 Å². The van der Waals surface area contributed by atoms with Gasteiger partial charge in [-0.25, -0.2) is 0 Å². The Labute approximate surface area is 270 Å². The van der Waals surface area contributed by atoms with Gasteiger partial charge in [0.25, 0.3) is 0 Å². The fourth-order valence-electron chi connectivity index (χ4n) is 5.09. The molecule has 0 radical (unpaired) electrons. The molecule has 0 aromatic heterocycles. The van der Waals surface area contributed by atoms with Crippen LogP contribution in [0.15, 0.2) is 109 Å². The zero-order valence-corrected chi connectivity index (χ0v) is 26.2. The number of carbonyl (C=O) groups excluding carboxylic acids is 2. The molecule has 2 aliphatic rings. The molecular weight excluding hydrogens is 576 g/mol. The average molecular weight is 615 g/mol. The van der Waals surface area contributed by atoms with E-state index >= 15 is 0 Å². The molecule has 2 atom stereocenters. The lowest BCUT2D eigenvalue weighted by Crippen LogP contribution is -2.12. The zero-order chi connectivity index (χ0) is 31.9. The fraction of sp³-hybridized carbons (Fsp3) is 0.250. The number of hydrogen-bond acceptors (Lipinski definition) is 6. The van der Waals surface area contributed by atoms with E-state index < -0.39 is 0 Å². The van der Waals surface area contributed by atoms with E-state index in [1.54, 1.807) is 0 Å². The Balaban J connectivity index is 1.30. The summed E-state index contributed by atoms with van der Waals surface area (Å²) in [4.78, 5) is 24.6. The van der Waals surface area contributed by atoms with Crippen LogP contribution in [-0.2, 0) is 41.4 Å². The van der Waals surface area contributed by atoms with Gasteiger partial charge in [-0.1, -0.05) is 120 Å². The summed E-state index contributed by atoms with van der Waals surface area (Å²) in [5, 5.41) is 0. The van der Waals surface area contributed by atoms with Crippen LogP contribution in [0.2, 0.25) is 0 Å². The maximum absolute atomic E-state index is 12.3. The average Bonchev–Trinajstić information content (AvgIpc) is 4.00. The van der Waals surface area contributed by atoms with E-state index in [1.165, 1.54) is 11.1 Å². The van der Waals surface area contributed by atoms with E-state index in [0.29, 0.717) is 26.4 Å². The predicted octanol–water partition coefficient (Wildman–Crippen LogP) is 6.84. The topological polar surface area (TPSA) is 77.7 Å². The molecule has 46 heavy (non-hydrogen) atoms. The summed E-state index contributed by atoms with van der Waals surface area (Å²) < 4.78 is 20.9. The van der Waals surface area contributed by atoms with Crippen molar-refractivity contribution >= 4 is 23.1 Å². The molecule has 0 bridgehead atoms. The summed E-state index contributed by atoms with van der Waals surface area (Å²) in [5.74, 6) is -0.525. The first-order valence-electron chi connectivity index (χ1n) is 15.7. The van der Waals surface area contributed by atoms with Crippen molar-refractivity contribution in [3.63, 3.8) is 0 Å². The van der Waals surface area contributed by atoms with Crippen LogP contribution in [0.5, 0.6) is 0 Å². The molecule has 2 heterocycles. The highest BCUT2D eigenvalue weighted by Gasteiger charge is 2.25. The van der Waals surface area contributed by atoms with Gasteiger partial charge >= 0.3 is 11.9 Å². The van der Waals surface area contributed by atoms with Gasteiger partial charge < -0.3 is 18.9 Å². The molecule has 6 heteroatoms. The number of allylic oxidation sites excluding steroid dienone is 2. The Hall–Kier alpha value is -4.78. The van der Waals surface area contributed by atoms with Crippen LogP contribution in [0.3, 0.4) is 0 Å². The Morgan fingerprint density at radius 2 is 0.870 bits per heavy atom. The molecule has 0 saturated carbocycles. The van der Waals surface area contributed by atoms with Crippen LogP contribution in [0, 0.1) is 13.8 Å². The SMILES string of the molecule is Cc1ccc(C(=CC=C(c2ccc(CC(=O)OCC3CO3)cc2)c2ccc(CC(=O)OCC3CO3)cc2)c2ccc(C)cc2)cc1. The van der Waals surface area contributed by atoms with E-state index in [4.69, 9.17) is 18.9 Å². The monoisotopic (exact) mass is 614 g/mol. The second-order valence-corrected chi connectivity index (χ2v) is 11.9. The minimum absolute atomic E-state index is 0.0474. The van der Waals surface area contributed by atoms with Crippen molar-refractivity contribution in [2.24, 2.45) is 0 Å². The molecule has 234 valence electrons. The van der Waals surface area contributed by atoms with Crippen molar-refractivity contribution in [1.82, 2.24) is 0 Å². The molecule has 6 rings (SSSR count). The Kier molecular flexibility index (Phi) is 9.87. The number of benzene rings is 4. The minimum Gasteiger partial charge on any atom is -0.463 e. The standard InChI is InChI=1S/C40H38O6/c1-27-3-11-31(12-4-27)37(32-13-5-28(2)6-14-32)19-20-38(33-15-7-29(8-16-33)21-39(41)45-25-35-23-43-35)34-17-9-30(10-18-34)22-40(42)46-26-36-24-44-36/h3-20,35-36H,21-26H2,1-2H3. The van der Waals surface area contributed by atoms with Crippen LogP contribution in [0.25, 0.3) is 11.1 Å². The van der Waals surface area contributed by atoms with Gasteiger partial charge in [-0.3, -0.25) is 9.59 Å². The third-order valence-electron chi connectivity index (χ3n) is 8.03. The molecular formula is C40H38O6. The number of epoxide rings is 2. The van der Waals surface area contributed by atoms with Crippen molar-refractivity contribution in [1.29, 1.82) is 0 Å². The molecule has 4 aromatic carbocycles. The van der Waals surface area contributed by atoms with E-state index in [0.717, 1.165) is 44.5 Å². The second kappa shape index (κ2) is 14.5. The zero-order valence-electron chi connectivity index (χ0n) is 26.2. The highest BCUT2D eigenvalue weighted by Crippen LogP contribution is 2.29. The molecule has 0 amide bonds. The first-order valence-corrected chi connectivity index (χ1v) is 15.7. The van der Waals surface area contributed by atoms with E-state index in [9.17, 15) is 9.59 Å². The van der Waals surface area contributed by atoms with Crippen LogP contribution in [0.4, 0.5) is 0 Å². The van der Waals surface area contributed by atoms with Crippen molar-refractivity contribution in [2.75, 3.05) is 26.4 Å². The molecule has 0 spiro atoms. The van der Waals surface area contributed by atoms with Crippen molar-refractivity contribution < 1.29 is 28.5 Å². The maximum Gasteiger partial charge on any atom is 0.310 e. The van der Waals surface area contributed by atoms with Gasteiger partial charge in [0, 0.05) is 0 Å². The molecule has 4 aromatic rings. The van der Waals surface area contributed by atoms with E-state index in [-0.39, 0.29) is 37.0 Å². The smallest absolute Gasteiger partial charge is 0.310 e. The summed E-state index contributed by atoms with van der Waals surface area (Å²) in [7, 11) is 0. The maximum atomic E-state index is 12.3. The van der Waals surface area contributed by atoms with Gasteiger partial charge in [-0.2, -0.15) is 0 Å². The predicted molar refractivity (Wildman–Crippen MR) is 178 cm³/mol. The number of ether oxygens (including phenoxy) is 4.